The highest BCUT2D eigenvalue weighted by Crippen LogP contribution is 2.06. The van der Waals surface area contributed by atoms with Gasteiger partial charge in [0.25, 0.3) is 0 Å². The molecular weight excluding hydrogens is 133 g/mol. The van der Waals surface area contributed by atoms with Gasteiger partial charge in [-0.2, -0.15) is 0 Å². The van der Waals surface area contributed by atoms with Crippen molar-refractivity contribution in [1.82, 2.24) is 4.98 Å². The highest BCUT2D eigenvalue weighted by Gasteiger charge is 1.93. The Labute approximate surface area is 58.7 Å². The van der Waals surface area contributed by atoms with Gasteiger partial charge in [-0.3, -0.25) is 0 Å². The number of aromatic nitrogens is 1. The molecule has 10 heavy (non-hydrogen) atoms. The largest absolute Gasteiger partial charge is 0.478 e. The van der Waals surface area contributed by atoms with Crippen molar-refractivity contribution < 1.29 is 9.13 Å². The Morgan fingerprint density at radius 2 is 2.50 bits per heavy atom. The van der Waals surface area contributed by atoms with Gasteiger partial charge in [0.05, 0.1) is 6.61 Å². The van der Waals surface area contributed by atoms with Crippen LogP contribution in [0, 0.1) is 5.82 Å². The molecule has 0 unspecified atom stereocenters. The summed E-state index contributed by atoms with van der Waals surface area (Å²) < 4.78 is 17.3. The fourth-order valence-corrected chi connectivity index (χ4v) is 0.612. The van der Waals surface area contributed by atoms with Crippen LogP contribution in [0.1, 0.15) is 6.92 Å². The number of hydrogen-bond donors (Lipinski definition) is 0. The zero-order chi connectivity index (χ0) is 7.40. The SMILES string of the molecule is CCOc1cc(F)ccn1. The normalized spacial score (nSPS) is 9.40. The van der Waals surface area contributed by atoms with E-state index in [-0.39, 0.29) is 5.82 Å². The maximum absolute atomic E-state index is 12.4. The summed E-state index contributed by atoms with van der Waals surface area (Å²) in [5.41, 5.74) is 0. The van der Waals surface area contributed by atoms with Crippen molar-refractivity contribution in [2.75, 3.05) is 6.61 Å². The zero-order valence-corrected chi connectivity index (χ0v) is 5.67. The first-order chi connectivity index (χ1) is 4.83. The predicted molar refractivity (Wildman–Crippen MR) is 35.4 cm³/mol. The highest BCUT2D eigenvalue weighted by molar-refractivity contribution is 5.10. The van der Waals surface area contributed by atoms with Gasteiger partial charge in [0.15, 0.2) is 0 Å². The lowest BCUT2D eigenvalue weighted by Gasteiger charge is -1.98. The lowest BCUT2D eigenvalue weighted by atomic mass is 10.5. The quantitative estimate of drug-likeness (QED) is 0.624. The molecule has 3 heteroatoms. The van der Waals surface area contributed by atoms with Gasteiger partial charge in [-0.25, -0.2) is 9.37 Å². The second-order valence-electron chi connectivity index (χ2n) is 1.75. The van der Waals surface area contributed by atoms with Gasteiger partial charge in [-0.15, -0.1) is 0 Å². The van der Waals surface area contributed by atoms with Crippen molar-refractivity contribution in [2.24, 2.45) is 0 Å². The van der Waals surface area contributed by atoms with Crippen LogP contribution in [-0.2, 0) is 0 Å². The molecule has 0 radical (unpaired) electrons. The number of ether oxygens (including phenoxy) is 1. The van der Waals surface area contributed by atoms with Gasteiger partial charge in [0.2, 0.25) is 5.88 Å². The molecule has 0 atom stereocenters. The second kappa shape index (κ2) is 3.15. The lowest BCUT2D eigenvalue weighted by molar-refractivity contribution is 0.324. The van der Waals surface area contributed by atoms with E-state index in [9.17, 15) is 4.39 Å². The van der Waals surface area contributed by atoms with Gasteiger partial charge in [0, 0.05) is 12.3 Å². The molecule has 0 amide bonds. The second-order valence-corrected chi connectivity index (χ2v) is 1.75. The molecule has 0 fully saturated rings. The smallest absolute Gasteiger partial charge is 0.216 e. The van der Waals surface area contributed by atoms with Gasteiger partial charge < -0.3 is 4.74 Å². The van der Waals surface area contributed by atoms with Gasteiger partial charge >= 0.3 is 0 Å². The third-order valence-corrected chi connectivity index (χ3v) is 0.989. The molecule has 0 N–H and O–H groups in total. The van der Waals surface area contributed by atoms with Gasteiger partial charge in [0.1, 0.15) is 5.82 Å². The number of hydrogen-bond acceptors (Lipinski definition) is 2. The van der Waals surface area contributed by atoms with E-state index in [1.165, 1.54) is 18.3 Å². The molecule has 2 nitrogen and oxygen atoms in total. The van der Waals surface area contributed by atoms with Crippen molar-refractivity contribution in [3.05, 3.63) is 24.1 Å². The van der Waals surface area contributed by atoms with E-state index in [1.807, 2.05) is 6.92 Å². The fraction of sp³-hybridized carbons (Fsp3) is 0.286. The average Bonchev–Trinajstić information content (AvgIpc) is 1.88. The van der Waals surface area contributed by atoms with Gasteiger partial charge in [-0.05, 0) is 13.0 Å². The van der Waals surface area contributed by atoms with E-state index in [2.05, 4.69) is 4.98 Å². The molecule has 0 saturated carbocycles. The topological polar surface area (TPSA) is 22.1 Å². The molecule has 0 aliphatic carbocycles. The Kier molecular flexibility index (Phi) is 2.20. The first kappa shape index (κ1) is 6.99. The molecular formula is C7H8FNO. The van der Waals surface area contributed by atoms with Crippen LogP contribution in [0.2, 0.25) is 0 Å². The minimum absolute atomic E-state index is 0.321. The Morgan fingerprint density at radius 3 is 3.10 bits per heavy atom. The number of pyridine rings is 1. The third-order valence-electron chi connectivity index (χ3n) is 0.989. The lowest BCUT2D eigenvalue weighted by Crippen LogP contribution is -1.93. The molecule has 0 aliphatic heterocycles. The van der Waals surface area contributed by atoms with Crippen LogP contribution in [0.4, 0.5) is 4.39 Å². The summed E-state index contributed by atoms with van der Waals surface area (Å²) in [6.45, 7) is 2.34. The fourth-order valence-electron chi connectivity index (χ4n) is 0.612. The van der Waals surface area contributed by atoms with Crippen molar-refractivity contribution in [3.63, 3.8) is 0 Å². The van der Waals surface area contributed by atoms with Gasteiger partial charge in [-0.1, -0.05) is 0 Å². The van der Waals surface area contributed by atoms with E-state index < -0.39 is 0 Å². The molecule has 1 heterocycles. The Hall–Kier alpha value is -1.12. The number of rotatable bonds is 2. The van der Waals surface area contributed by atoms with Crippen LogP contribution in [0.25, 0.3) is 0 Å². The average molecular weight is 141 g/mol. The molecule has 0 saturated heterocycles. The first-order valence-corrected chi connectivity index (χ1v) is 3.07. The van der Waals surface area contributed by atoms with E-state index in [0.717, 1.165) is 0 Å². The standard InChI is InChI=1S/C7H8FNO/c1-2-10-7-5-6(8)3-4-9-7/h3-5H,2H2,1H3. The van der Waals surface area contributed by atoms with Crippen molar-refractivity contribution in [3.8, 4) is 5.88 Å². The third kappa shape index (κ3) is 1.69. The van der Waals surface area contributed by atoms with E-state index in [0.29, 0.717) is 12.5 Å². The highest BCUT2D eigenvalue weighted by atomic mass is 19.1. The van der Waals surface area contributed by atoms with Crippen molar-refractivity contribution >= 4 is 0 Å². The van der Waals surface area contributed by atoms with Crippen molar-refractivity contribution in [1.29, 1.82) is 0 Å². The van der Waals surface area contributed by atoms with E-state index in [4.69, 9.17) is 4.74 Å². The molecule has 1 aromatic rings. The summed E-state index contributed by atoms with van der Waals surface area (Å²) in [4.78, 5) is 3.77. The van der Waals surface area contributed by atoms with Crippen molar-refractivity contribution in [2.45, 2.75) is 6.92 Å². The Balaban J connectivity index is 2.75. The minimum Gasteiger partial charge on any atom is -0.478 e. The summed E-state index contributed by atoms with van der Waals surface area (Å²) in [5, 5.41) is 0. The molecule has 1 aromatic heterocycles. The molecule has 0 bridgehead atoms. The van der Waals surface area contributed by atoms with Crippen LogP contribution in [0.15, 0.2) is 18.3 Å². The summed E-state index contributed by atoms with van der Waals surface area (Å²) in [6, 6.07) is 2.53. The van der Waals surface area contributed by atoms with Crippen LogP contribution >= 0.6 is 0 Å². The summed E-state index contributed by atoms with van der Waals surface area (Å²) in [6.07, 6.45) is 1.38. The van der Waals surface area contributed by atoms with E-state index in [1.54, 1.807) is 0 Å². The molecule has 0 aliphatic rings. The predicted octanol–water partition coefficient (Wildman–Crippen LogP) is 1.62. The van der Waals surface area contributed by atoms with Crippen LogP contribution in [-0.4, -0.2) is 11.6 Å². The summed E-state index contributed by atoms with van der Waals surface area (Å²) in [5.74, 6) is 0.0148. The molecule has 54 valence electrons. The molecule has 0 spiro atoms. The summed E-state index contributed by atoms with van der Waals surface area (Å²) in [7, 11) is 0. The molecule has 1 rings (SSSR count). The van der Waals surface area contributed by atoms with Crippen LogP contribution in [0.3, 0.4) is 0 Å². The maximum Gasteiger partial charge on any atom is 0.216 e. The van der Waals surface area contributed by atoms with E-state index >= 15 is 0 Å². The van der Waals surface area contributed by atoms with Crippen LogP contribution in [0.5, 0.6) is 5.88 Å². The maximum atomic E-state index is 12.4. The first-order valence-electron chi connectivity index (χ1n) is 3.07. The zero-order valence-electron chi connectivity index (χ0n) is 5.67. The number of nitrogens with zero attached hydrogens (tertiary/aromatic N) is 1. The minimum atomic E-state index is -0.321. The summed E-state index contributed by atoms with van der Waals surface area (Å²) >= 11 is 0. The molecule has 0 aromatic carbocycles. The Morgan fingerprint density at radius 1 is 1.70 bits per heavy atom. The monoisotopic (exact) mass is 141 g/mol. The Bertz CT molecular complexity index is 215. The number of halogens is 1. The van der Waals surface area contributed by atoms with Crippen LogP contribution < -0.4 is 4.74 Å².